The largest absolute Gasteiger partial charge is 0.342 e. The molecule has 2 amide bonds. The lowest BCUT2D eigenvalue weighted by molar-refractivity contribution is -0.128. The summed E-state index contributed by atoms with van der Waals surface area (Å²) >= 11 is 12.1. The maximum atomic E-state index is 12.5. The third-order valence-corrected chi connectivity index (χ3v) is 5.70. The number of hydrogen-bond acceptors (Lipinski definition) is 2. The van der Waals surface area contributed by atoms with Crippen molar-refractivity contribution in [2.24, 2.45) is 5.92 Å². The molecule has 1 atom stereocenters. The Morgan fingerprint density at radius 1 is 1.28 bits per heavy atom. The summed E-state index contributed by atoms with van der Waals surface area (Å²) < 4.78 is 0. The molecule has 1 heterocycles. The Hall–Kier alpha value is -1.52. The van der Waals surface area contributed by atoms with Gasteiger partial charge in [0.1, 0.15) is 0 Å². The molecule has 0 bridgehead atoms. The van der Waals surface area contributed by atoms with Crippen LogP contribution in [0, 0.1) is 5.92 Å². The van der Waals surface area contributed by atoms with Crippen molar-refractivity contribution >= 4 is 40.7 Å². The van der Waals surface area contributed by atoms with Gasteiger partial charge in [-0.3, -0.25) is 9.59 Å². The number of carbonyl (C=O) groups is 2. The molecule has 1 unspecified atom stereocenters. The molecule has 3 rings (SSSR count). The van der Waals surface area contributed by atoms with Gasteiger partial charge in [0.2, 0.25) is 11.8 Å². The number of carbonyl (C=O) groups excluding carboxylic acids is 2. The predicted molar refractivity (Wildman–Crippen MR) is 101 cm³/mol. The maximum Gasteiger partial charge on any atom is 0.229 e. The number of nitrogens with zero attached hydrogens (tertiary/aromatic N) is 1. The van der Waals surface area contributed by atoms with E-state index in [-0.39, 0.29) is 24.2 Å². The van der Waals surface area contributed by atoms with Gasteiger partial charge in [0.15, 0.2) is 0 Å². The number of allylic oxidation sites excluding steroid dienone is 1. The van der Waals surface area contributed by atoms with E-state index in [1.807, 2.05) is 0 Å². The number of amides is 2. The monoisotopic (exact) mass is 380 g/mol. The summed E-state index contributed by atoms with van der Waals surface area (Å²) in [6, 6.07) is 5.10. The molecule has 1 aliphatic heterocycles. The zero-order chi connectivity index (χ0) is 17.8. The number of anilines is 1. The highest BCUT2D eigenvalue weighted by molar-refractivity contribution is 6.44. The van der Waals surface area contributed by atoms with E-state index in [9.17, 15) is 9.59 Å². The van der Waals surface area contributed by atoms with Crippen molar-refractivity contribution in [1.29, 1.82) is 0 Å². The number of likely N-dealkylation sites (tertiary alicyclic amines) is 1. The molecule has 6 heteroatoms. The van der Waals surface area contributed by atoms with Gasteiger partial charge in [0, 0.05) is 19.5 Å². The molecule has 1 N–H and O–H groups in total. The summed E-state index contributed by atoms with van der Waals surface area (Å²) in [5.74, 6) is -0.478. The third-order valence-electron chi connectivity index (χ3n) is 4.88. The average molecular weight is 381 g/mol. The van der Waals surface area contributed by atoms with Crippen LogP contribution in [-0.2, 0) is 9.59 Å². The SMILES string of the molecule is O=C(Nc1cccc(Cl)c1Cl)C1CC(=O)N(CCC2=CCCCC2)C1. The lowest BCUT2D eigenvalue weighted by Crippen LogP contribution is -2.29. The second kappa shape index (κ2) is 8.24. The van der Waals surface area contributed by atoms with E-state index >= 15 is 0 Å². The first-order chi connectivity index (χ1) is 12.0. The number of nitrogens with one attached hydrogen (secondary N) is 1. The molecule has 0 radical (unpaired) electrons. The molecule has 1 fully saturated rings. The molecule has 1 saturated heterocycles. The Morgan fingerprint density at radius 3 is 2.88 bits per heavy atom. The van der Waals surface area contributed by atoms with Crippen LogP contribution in [0.3, 0.4) is 0 Å². The molecule has 2 aliphatic rings. The lowest BCUT2D eigenvalue weighted by Gasteiger charge is -2.19. The Labute approximate surface area is 158 Å². The van der Waals surface area contributed by atoms with E-state index in [4.69, 9.17) is 23.2 Å². The molecule has 1 aromatic carbocycles. The topological polar surface area (TPSA) is 49.4 Å². The van der Waals surface area contributed by atoms with Gasteiger partial charge in [-0.2, -0.15) is 0 Å². The van der Waals surface area contributed by atoms with Gasteiger partial charge in [-0.15, -0.1) is 0 Å². The van der Waals surface area contributed by atoms with E-state index < -0.39 is 0 Å². The second-order valence-electron chi connectivity index (χ2n) is 6.69. The zero-order valence-electron chi connectivity index (χ0n) is 14.1. The van der Waals surface area contributed by atoms with Crippen LogP contribution in [0.4, 0.5) is 5.69 Å². The van der Waals surface area contributed by atoms with Crippen molar-refractivity contribution < 1.29 is 9.59 Å². The number of hydrogen-bond donors (Lipinski definition) is 1. The number of rotatable bonds is 5. The minimum atomic E-state index is -0.345. The zero-order valence-corrected chi connectivity index (χ0v) is 15.6. The summed E-state index contributed by atoms with van der Waals surface area (Å²) in [6.45, 7) is 1.17. The smallest absolute Gasteiger partial charge is 0.229 e. The minimum Gasteiger partial charge on any atom is -0.342 e. The van der Waals surface area contributed by atoms with Crippen LogP contribution in [0.2, 0.25) is 10.0 Å². The van der Waals surface area contributed by atoms with E-state index in [1.54, 1.807) is 23.1 Å². The molecule has 0 spiro atoms. The van der Waals surface area contributed by atoms with Gasteiger partial charge in [-0.05, 0) is 44.2 Å². The fraction of sp³-hybridized carbons (Fsp3) is 0.474. The second-order valence-corrected chi connectivity index (χ2v) is 7.47. The van der Waals surface area contributed by atoms with Crippen LogP contribution in [0.1, 0.15) is 38.5 Å². The molecule has 4 nitrogen and oxygen atoms in total. The van der Waals surface area contributed by atoms with E-state index in [1.165, 1.54) is 18.4 Å². The van der Waals surface area contributed by atoms with Gasteiger partial charge in [0.05, 0.1) is 21.7 Å². The van der Waals surface area contributed by atoms with Crippen LogP contribution in [0.15, 0.2) is 29.8 Å². The van der Waals surface area contributed by atoms with E-state index in [0.717, 1.165) is 19.3 Å². The number of halogens is 2. The molecular weight excluding hydrogens is 359 g/mol. The Morgan fingerprint density at radius 2 is 2.12 bits per heavy atom. The lowest BCUT2D eigenvalue weighted by atomic mass is 9.97. The fourth-order valence-corrected chi connectivity index (χ4v) is 3.76. The van der Waals surface area contributed by atoms with E-state index in [2.05, 4.69) is 11.4 Å². The van der Waals surface area contributed by atoms with Crippen molar-refractivity contribution in [3.05, 3.63) is 39.9 Å². The Balaban J connectivity index is 1.55. The fourth-order valence-electron chi connectivity index (χ4n) is 3.41. The molecule has 0 aromatic heterocycles. The first-order valence-electron chi connectivity index (χ1n) is 8.75. The van der Waals surface area contributed by atoms with Crippen molar-refractivity contribution in [1.82, 2.24) is 4.90 Å². The van der Waals surface area contributed by atoms with Crippen LogP contribution >= 0.6 is 23.2 Å². The Bertz CT molecular complexity index is 703. The highest BCUT2D eigenvalue weighted by Crippen LogP contribution is 2.30. The molecule has 134 valence electrons. The van der Waals surface area contributed by atoms with Gasteiger partial charge >= 0.3 is 0 Å². The van der Waals surface area contributed by atoms with Crippen molar-refractivity contribution in [2.75, 3.05) is 18.4 Å². The maximum absolute atomic E-state index is 12.5. The predicted octanol–water partition coefficient (Wildman–Crippen LogP) is 4.67. The van der Waals surface area contributed by atoms with Crippen molar-refractivity contribution in [3.8, 4) is 0 Å². The highest BCUT2D eigenvalue weighted by atomic mass is 35.5. The van der Waals surface area contributed by atoms with Crippen LogP contribution < -0.4 is 5.32 Å². The van der Waals surface area contributed by atoms with Gasteiger partial charge < -0.3 is 10.2 Å². The van der Waals surface area contributed by atoms with Crippen molar-refractivity contribution in [2.45, 2.75) is 38.5 Å². The van der Waals surface area contributed by atoms with Crippen LogP contribution in [0.25, 0.3) is 0 Å². The number of benzene rings is 1. The van der Waals surface area contributed by atoms with Gasteiger partial charge in [-0.25, -0.2) is 0 Å². The highest BCUT2D eigenvalue weighted by Gasteiger charge is 2.34. The quantitative estimate of drug-likeness (QED) is 0.754. The minimum absolute atomic E-state index is 0.0498. The summed E-state index contributed by atoms with van der Waals surface area (Å²) in [6.07, 6.45) is 8.26. The molecular formula is C19H22Cl2N2O2. The summed E-state index contributed by atoms with van der Waals surface area (Å²) in [4.78, 5) is 26.5. The first-order valence-corrected chi connectivity index (χ1v) is 9.50. The van der Waals surface area contributed by atoms with Crippen LogP contribution in [0.5, 0.6) is 0 Å². The van der Waals surface area contributed by atoms with Gasteiger partial charge in [-0.1, -0.05) is 40.9 Å². The summed E-state index contributed by atoms with van der Waals surface area (Å²) in [5, 5.41) is 3.51. The molecule has 1 aliphatic carbocycles. The summed E-state index contributed by atoms with van der Waals surface area (Å²) in [5.41, 5.74) is 1.93. The van der Waals surface area contributed by atoms with Crippen molar-refractivity contribution in [3.63, 3.8) is 0 Å². The normalized spacial score (nSPS) is 20.6. The van der Waals surface area contributed by atoms with E-state index in [0.29, 0.717) is 28.8 Å². The average Bonchev–Trinajstić information content (AvgIpc) is 2.99. The van der Waals surface area contributed by atoms with Crippen LogP contribution in [-0.4, -0.2) is 29.8 Å². The Kier molecular flexibility index (Phi) is 6.02. The molecule has 25 heavy (non-hydrogen) atoms. The first kappa shape index (κ1) is 18.3. The molecule has 0 saturated carbocycles. The molecule has 1 aromatic rings. The van der Waals surface area contributed by atoms with Gasteiger partial charge in [0.25, 0.3) is 0 Å². The standard InChI is InChI=1S/C19H22Cl2N2O2/c20-15-7-4-8-16(18(15)21)22-19(25)14-11-17(24)23(12-14)10-9-13-5-2-1-3-6-13/h4-5,7-8,14H,1-3,6,9-12H2,(H,22,25). The third kappa shape index (κ3) is 4.56. The summed E-state index contributed by atoms with van der Waals surface area (Å²) in [7, 11) is 0.